The number of aliphatic hydroxyl groups is 2. The molecule has 2 fully saturated rings. The van der Waals surface area contributed by atoms with Gasteiger partial charge in [0.1, 0.15) is 24.6 Å². The predicted molar refractivity (Wildman–Crippen MR) is 78.9 cm³/mol. The lowest BCUT2D eigenvalue weighted by Gasteiger charge is -2.36. The van der Waals surface area contributed by atoms with Gasteiger partial charge in [0.05, 0.1) is 6.61 Å². The molecule has 0 amide bonds. The van der Waals surface area contributed by atoms with Crippen LogP contribution in [-0.2, 0) is 14.2 Å². The average Bonchev–Trinajstić information content (AvgIpc) is 2.97. The van der Waals surface area contributed by atoms with Crippen LogP contribution in [0.15, 0.2) is 11.1 Å². The maximum Gasteiger partial charge on any atom is 0.220 e. The number of aliphatic hydroxyl groups excluding tert-OH is 1. The summed E-state index contributed by atoms with van der Waals surface area (Å²) >= 11 is 3.29. The Bertz CT molecular complexity index is 773. The molecule has 10 nitrogen and oxygen atoms in total. The van der Waals surface area contributed by atoms with Gasteiger partial charge in [-0.15, -0.1) is 0 Å². The molecule has 2 radical (unpaired) electrons. The summed E-state index contributed by atoms with van der Waals surface area (Å²) in [6.45, 7) is -0.0351. The number of halogens is 1. The Labute approximate surface area is 139 Å². The second-order valence-electron chi connectivity index (χ2n) is 5.26. The van der Waals surface area contributed by atoms with E-state index < -0.39 is 30.4 Å². The van der Waals surface area contributed by atoms with E-state index in [-0.39, 0.29) is 12.4 Å². The Morgan fingerprint density at radius 1 is 1.48 bits per heavy atom. The third kappa shape index (κ3) is 2.33. The van der Waals surface area contributed by atoms with E-state index in [1.807, 2.05) is 0 Å². The molecule has 0 saturated carbocycles. The molecule has 120 valence electrons. The zero-order valence-electron chi connectivity index (χ0n) is 11.5. The Morgan fingerprint density at radius 3 is 3.04 bits per heavy atom. The Balaban J connectivity index is 1.75. The van der Waals surface area contributed by atoms with Gasteiger partial charge in [-0.05, 0) is 15.9 Å². The van der Waals surface area contributed by atoms with E-state index in [2.05, 4.69) is 30.9 Å². The molecule has 0 aromatic carbocycles. The van der Waals surface area contributed by atoms with Gasteiger partial charge in [0.25, 0.3) is 0 Å². The summed E-state index contributed by atoms with van der Waals surface area (Å²) in [7, 11) is 5.38. The molecule has 2 aromatic heterocycles. The van der Waals surface area contributed by atoms with Crippen molar-refractivity contribution in [2.45, 2.75) is 30.4 Å². The number of hydrogen-bond donors (Lipinski definition) is 3. The van der Waals surface area contributed by atoms with Crippen molar-refractivity contribution in [1.29, 1.82) is 0 Å². The van der Waals surface area contributed by atoms with Crippen LogP contribution >= 0.6 is 15.9 Å². The molecule has 5 atom stereocenters. The van der Waals surface area contributed by atoms with Gasteiger partial charge >= 0.3 is 0 Å². The number of anilines is 1. The van der Waals surface area contributed by atoms with E-state index in [1.54, 1.807) is 0 Å². The SMILES string of the molecule is [B]C1(O)OCC2O[C@@H](n3c(Br)nc4c(N)ncnc43)C(O)[C@@H]2O1. The van der Waals surface area contributed by atoms with Gasteiger partial charge in [-0.1, -0.05) is 0 Å². The Hall–Kier alpha value is -1.31. The Morgan fingerprint density at radius 2 is 2.26 bits per heavy atom. The normalized spacial score (nSPS) is 37.2. The fourth-order valence-corrected chi connectivity index (χ4v) is 3.32. The highest BCUT2D eigenvalue weighted by atomic mass is 79.9. The largest absolute Gasteiger partial charge is 0.386 e. The van der Waals surface area contributed by atoms with Crippen LogP contribution in [0, 0.1) is 0 Å². The van der Waals surface area contributed by atoms with Gasteiger partial charge in [0.2, 0.25) is 5.87 Å². The quantitative estimate of drug-likeness (QED) is 0.401. The first-order chi connectivity index (χ1) is 10.9. The van der Waals surface area contributed by atoms with Gasteiger partial charge in [-0.2, -0.15) is 0 Å². The van der Waals surface area contributed by atoms with E-state index in [4.69, 9.17) is 27.8 Å². The molecule has 2 aliphatic heterocycles. The summed E-state index contributed by atoms with van der Waals surface area (Å²) in [5, 5.41) is 20.1. The minimum absolute atomic E-state index is 0.0351. The molecule has 12 heteroatoms. The van der Waals surface area contributed by atoms with E-state index in [1.165, 1.54) is 10.9 Å². The molecule has 4 N–H and O–H groups in total. The van der Waals surface area contributed by atoms with E-state index in [0.717, 1.165) is 0 Å². The third-order valence-corrected chi connectivity index (χ3v) is 4.34. The molecule has 3 unspecified atom stereocenters. The monoisotopic (exact) mass is 383 g/mol. The molecule has 2 saturated heterocycles. The number of nitrogens with zero attached hydrogens (tertiary/aromatic N) is 4. The van der Waals surface area contributed by atoms with Crippen molar-refractivity contribution in [2.75, 3.05) is 12.3 Å². The number of rotatable bonds is 1. The fraction of sp³-hybridized carbons (Fsp3) is 0.545. The van der Waals surface area contributed by atoms with Crippen LogP contribution in [0.4, 0.5) is 5.82 Å². The third-order valence-electron chi connectivity index (χ3n) is 3.79. The first-order valence-corrected chi connectivity index (χ1v) is 7.47. The first-order valence-electron chi connectivity index (χ1n) is 6.68. The van der Waals surface area contributed by atoms with Crippen LogP contribution in [0.2, 0.25) is 0 Å². The number of aromatic nitrogens is 4. The average molecular weight is 384 g/mol. The summed E-state index contributed by atoms with van der Waals surface area (Å²) < 4.78 is 17.7. The molecule has 23 heavy (non-hydrogen) atoms. The maximum absolute atomic E-state index is 10.5. The number of fused-ring (bicyclic) bond motifs is 2. The predicted octanol–water partition coefficient (Wildman–Crippen LogP) is -1.38. The molecule has 2 aromatic rings. The standard InChI is InChI=1S/C11H11BBrN5O5/c12-11(20)21-1-3-6(23-11)5(19)9(22-3)18-8-4(17-10(18)13)7(14)15-2-16-8/h2-3,5-6,9,19-20H,1H2,(H2,14,15,16)/t3?,5?,6-,9-,11?/m1/s1. The summed E-state index contributed by atoms with van der Waals surface area (Å²) in [5.41, 5.74) is 6.54. The second kappa shape index (κ2) is 5.09. The van der Waals surface area contributed by atoms with Crippen molar-refractivity contribution in [3.63, 3.8) is 0 Å². The Kier molecular flexibility index (Phi) is 3.37. The van der Waals surface area contributed by atoms with E-state index >= 15 is 0 Å². The van der Waals surface area contributed by atoms with Crippen LogP contribution in [0.1, 0.15) is 6.23 Å². The molecule has 0 spiro atoms. The highest BCUT2D eigenvalue weighted by Crippen LogP contribution is 2.39. The van der Waals surface area contributed by atoms with Crippen molar-refractivity contribution >= 4 is 40.8 Å². The molecule has 4 heterocycles. The summed E-state index contributed by atoms with van der Waals surface area (Å²) in [6, 6.07) is 0. The van der Waals surface area contributed by atoms with Crippen molar-refractivity contribution in [3.8, 4) is 0 Å². The van der Waals surface area contributed by atoms with Gasteiger partial charge < -0.3 is 30.2 Å². The summed E-state index contributed by atoms with van der Waals surface area (Å²) in [6.07, 6.45) is -2.20. The lowest BCUT2D eigenvalue weighted by Crippen LogP contribution is -2.53. The lowest BCUT2D eigenvalue weighted by atomic mass is 10.0. The van der Waals surface area contributed by atoms with Crippen LogP contribution < -0.4 is 5.73 Å². The van der Waals surface area contributed by atoms with Crippen molar-refractivity contribution in [2.24, 2.45) is 0 Å². The number of nitrogens with two attached hydrogens (primary N) is 1. The van der Waals surface area contributed by atoms with E-state index in [0.29, 0.717) is 15.9 Å². The topological polar surface area (TPSA) is 138 Å². The summed E-state index contributed by atoms with van der Waals surface area (Å²) in [4.78, 5) is 12.2. The van der Waals surface area contributed by atoms with Gasteiger partial charge in [-0.3, -0.25) is 4.57 Å². The van der Waals surface area contributed by atoms with Crippen molar-refractivity contribution in [3.05, 3.63) is 11.1 Å². The molecule has 2 aliphatic rings. The molecule has 4 rings (SSSR count). The smallest absolute Gasteiger partial charge is 0.220 e. The van der Waals surface area contributed by atoms with Crippen LogP contribution in [0.25, 0.3) is 11.2 Å². The molecular weight excluding hydrogens is 373 g/mol. The maximum atomic E-state index is 10.5. The van der Waals surface area contributed by atoms with Crippen LogP contribution in [0.5, 0.6) is 0 Å². The van der Waals surface area contributed by atoms with Crippen molar-refractivity contribution < 1.29 is 24.4 Å². The van der Waals surface area contributed by atoms with Gasteiger partial charge in [0, 0.05) is 0 Å². The van der Waals surface area contributed by atoms with Gasteiger partial charge in [-0.25, -0.2) is 15.0 Å². The highest BCUT2D eigenvalue weighted by Gasteiger charge is 2.52. The number of ether oxygens (including phenoxy) is 3. The van der Waals surface area contributed by atoms with Gasteiger partial charge in [0.15, 0.2) is 35.8 Å². The lowest BCUT2D eigenvalue weighted by molar-refractivity contribution is -0.364. The fourth-order valence-electron chi connectivity index (χ4n) is 2.77. The molecule has 0 aliphatic carbocycles. The second-order valence-corrected chi connectivity index (χ2v) is 5.97. The zero-order chi connectivity index (χ0) is 16.4. The number of hydrogen-bond acceptors (Lipinski definition) is 9. The van der Waals surface area contributed by atoms with Crippen LogP contribution in [-0.4, -0.2) is 68.4 Å². The first kappa shape index (κ1) is 15.2. The molecule has 0 bridgehead atoms. The minimum Gasteiger partial charge on any atom is -0.386 e. The van der Waals surface area contributed by atoms with Crippen LogP contribution in [0.3, 0.4) is 0 Å². The summed E-state index contributed by atoms with van der Waals surface area (Å²) in [5.74, 6) is -2.06. The van der Waals surface area contributed by atoms with Crippen molar-refractivity contribution in [1.82, 2.24) is 19.5 Å². The minimum atomic E-state index is -2.26. The zero-order valence-corrected chi connectivity index (χ0v) is 13.1. The number of nitrogen functional groups attached to an aromatic ring is 1. The number of imidazole rings is 1. The molecular formula is C11H11BBrN5O5. The van der Waals surface area contributed by atoms with E-state index in [9.17, 15) is 10.2 Å². The highest BCUT2D eigenvalue weighted by molar-refractivity contribution is 9.10.